The van der Waals surface area contributed by atoms with E-state index in [1.165, 1.54) is 0 Å². The van der Waals surface area contributed by atoms with E-state index >= 15 is 0 Å². The number of imidazole rings is 1. The molecule has 0 unspecified atom stereocenters. The minimum Gasteiger partial charge on any atom is -0.493 e. The number of H-pyrrole nitrogens is 1. The van der Waals surface area contributed by atoms with E-state index in [1.54, 1.807) is 6.20 Å². The van der Waals surface area contributed by atoms with Gasteiger partial charge in [0.25, 0.3) is 0 Å². The molecule has 0 amide bonds. The fourth-order valence-electron chi connectivity index (χ4n) is 3.75. The van der Waals surface area contributed by atoms with E-state index in [2.05, 4.69) is 29.9 Å². The van der Waals surface area contributed by atoms with Gasteiger partial charge in [-0.1, -0.05) is 11.6 Å². The lowest BCUT2D eigenvalue weighted by Gasteiger charge is -2.26. The lowest BCUT2D eigenvalue weighted by atomic mass is 9.93. The van der Waals surface area contributed by atoms with Crippen molar-refractivity contribution in [1.29, 1.82) is 0 Å². The zero-order chi connectivity index (χ0) is 19.8. The monoisotopic (exact) mass is 406 g/mol. The normalized spacial score (nSPS) is 15.7. The van der Waals surface area contributed by atoms with Gasteiger partial charge in [-0.05, 0) is 43.7 Å². The molecule has 29 heavy (non-hydrogen) atoms. The summed E-state index contributed by atoms with van der Waals surface area (Å²) in [6.07, 6.45) is 6.60. The minimum absolute atomic E-state index is 0.330. The molecule has 1 aliphatic rings. The Bertz CT molecular complexity index is 1170. The Morgan fingerprint density at radius 3 is 2.97 bits per heavy atom. The predicted molar refractivity (Wildman–Crippen MR) is 110 cm³/mol. The molecular formula is C21H19ClN6O. The first-order valence-electron chi connectivity index (χ1n) is 9.45. The predicted octanol–water partition coefficient (Wildman–Crippen LogP) is 4.26. The van der Waals surface area contributed by atoms with Crippen molar-refractivity contribution in [3.63, 3.8) is 0 Å². The van der Waals surface area contributed by atoms with Crippen LogP contribution in [0.15, 0.2) is 49.1 Å². The maximum absolute atomic E-state index is 6.20. The maximum Gasteiger partial charge on any atom is 0.122 e. The fourth-order valence-corrected chi connectivity index (χ4v) is 3.93. The minimum atomic E-state index is 0.330. The van der Waals surface area contributed by atoms with Gasteiger partial charge < -0.3 is 9.30 Å². The fraction of sp³-hybridized carbons (Fsp3) is 0.238. The molecule has 4 heterocycles. The number of aromatic nitrogens is 6. The van der Waals surface area contributed by atoms with Gasteiger partial charge in [0.05, 0.1) is 24.3 Å². The Morgan fingerprint density at radius 2 is 2.10 bits per heavy atom. The summed E-state index contributed by atoms with van der Waals surface area (Å²) in [5.74, 6) is 1.25. The van der Waals surface area contributed by atoms with Gasteiger partial charge in [0.15, 0.2) is 0 Å². The van der Waals surface area contributed by atoms with Gasteiger partial charge >= 0.3 is 0 Å². The number of pyridine rings is 1. The average molecular weight is 407 g/mol. The van der Waals surface area contributed by atoms with Gasteiger partial charge in [0.2, 0.25) is 0 Å². The average Bonchev–Trinajstić information content (AvgIpc) is 3.38. The van der Waals surface area contributed by atoms with E-state index in [1.807, 2.05) is 49.8 Å². The number of nitrogens with one attached hydrogen (secondary N) is 1. The molecule has 0 spiro atoms. The van der Waals surface area contributed by atoms with Crippen LogP contribution < -0.4 is 4.74 Å². The summed E-state index contributed by atoms with van der Waals surface area (Å²) in [7, 11) is 0. The van der Waals surface area contributed by atoms with Crippen molar-refractivity contribution in [2.24, 2.45) is 0 Å². The number of fused-ring (bicyclic) bond motifs is 1. The third-order valence-corrected chi connectivity index (χ3v) is 5.45. The van der Waals surface area contributed by atoms with Gasteiger partial charge in [0, 0.05) is 41.0 Å². The van der Waals surface area contributed by atoms with Crippen molar-refractivity contribution < 1.29 is 4.74 Å². The molecule has 8 heteroatoms. The van der Waals surface area contributed by atoms with Crippen LogP contribution >= 0.6 is 11.6 Å². The number of aryl methyl sites for hydroxylation is 1. The quantitative estimate of drug-likeness (QED) is 0.547. The van der Waals surface area contributed by atoms with E-state index < -0.39 is 0 Å². The van der Waals surface area contributed by atoms with Gasteiger partial charge in [-0.25, -0.2) is 4.98 Å². The molecule has 0 fully saturated rings. The van der Waals surface area contributed by atoms with Crippen LogP contribution in [0.1, 0.15) is 23.6 Å². The molecule has 1 aromatic carbocycles. The summed E-state index contributed by atoms with van der Waals surface area (Å²) in [5, 5.41) is 11.7. The highest BCUT2D eigenvalue weighted by Gasteiger charge is 2.22. The number of rotatable bonds is 4. The first-order chi connectivity index (χ1) is 14.2. The van der Waals surface area contributed by atoms with Crippen LogP contribution in [0.25, 0.3) is 22.6 Å². The molecule has 1 aliphatic heterocycles. The number of aromatic amines is 1. The summed E-state index contributed by atoms with van der Waals surface area (Å²) < 4.78 is 7.87. The van der Waals surface area contributed by atoms with E-state index in [0.29, 0.717) is 12.5 Å². The van der Waals surface area contributed by atoms with E-state index in [4.69, 9.17) is 16.3 Å². The summed E-state index contributed by atoms with van der Waals surface area (Å²) in [6, 6.07) is 9.73. The molecule has 146 valence electrons. The lowest BCUT2D eigenvalue weighted by molar-refractivity contribution is 0.259. The molecule has 0 saturated heterocycles. The summed E-state index contributed by atoms with van der Waals surface area (Å²) in [4.78, 5) is 9.05. The molecule has 1 N–H and O–H groups in total. The SMILES string of the molecule is Cc1n[nH]nc1-c1ccnc(-c2cn(C[C@H]3CCOc4ccc(Cl)cc43)cn2)c1. The highest BCUT2D eigenvalue weighted by molar-refractivity contribution is 6.30. The number of ether oxygens (including phenoxy) is 1. The van der Waals surface area contributed by atoms with Crippen LogP contribution in [0.3, 0.4) is 0 Å². The molecular weight excluding hydrogens is 388 g/mol. The lowest BCUT2D eigenvalue weighted by Crippen LogP contribution is -2.18. The van der Waals surface area contributed by atoms with E-state index in [9.17, 15) is 0 Å². The zero-order valence-corrected chi connectivity index (χ0v) is 16.6. The molecule has 0 aliphatic carbocycles. The van der Waals surface area contributed by atoms with Crippen LogP contribution in [0, 0.1) is 6.92 Å². The molecule has 1 atom stereocenters. The van der Waals surface area contributed by atoms with Crippen molar-refractivity contribution in [3.8, 4) is 28.4 Å². The third kappa shape index (κ3) is 3.49. The summed E-state index contributed by atoms with van der Waals surface area (Å²) in [5.41, 5.74) is 5.42. The Kier molecular flexibility index (Phi) is 4.52. The van der Waals surface area contributed by atoms with E-state index in [-0.39, 0.29) is 0 Å². The van der Waals surface area contributed by atoms with Gasteiger partial charge in [0.1, 0.15) is 17.1 Å². The van der Waals surface area contributed by atoms with Gasteiger partial charge in [-0.15, -0.1) is 0 Å². The number of hydrogen-bond donors (Lipinski definition) is 1. The third-order valence-electron chi connectivity index (χ3n) is 5.22. The van der Waals surface area contributed by atoms with Crippen molar-refractivity contribution in [3.05, 3.63) is 65.3 Å². The number of nitrogens with zero attached hydrogens (tertiary/aromatic N) is 5. The van der Waals surface area contributed by atoms with E-state index in [0.717, 1.165) is 57.6 Å². The van der Waals surface area contributed by atoms with Crippen molar-refractivity contribution in [2.75, 3.05) is 6.61 Å². The van der Waals surface area contributed by atoms with Crippen LogP contribution in [0.2, 0.25) is 5.02 Å². The Labute approximate surface area is 172 Å². The number of hydrogen-bond acceptors (Lipinski definition) is 5. The second-order valence-electron chi connectivity index (χ2n) is 7.16. The molecule has 5 rings (SSSR count). The van der Waals surface area contributed by atoms with Crippen LogP contribution in [0.4, 0.5) is 0 Å². The molecule has 0 radical (unpaired) electrons. The van der Waals surface area contributed by atoms with Crippen molar-refractivity contribution in [2.45, 2.75) is 25.8 Å². The number of halogens is 1. The topological polar surface area (TPSA) is 81.5 Å². The molecule has 0 bridgehead atoms. The largest absolute Gasteiger partial charge is 0.493 e. The van der Waals surface area contributed by atoms with Gasteiger partial charge in [-0.2, -0.15) is 15.4 Å². The standard InChI is InChI=1S/C21H19ClN6O/c1-13-21(26-27-25-13)14-4-6-23-18(8-14)19-11-28(12-24-19)10-15-5-7-29-20-3-2-16(22)9-17(15)20/h2-4,6,8-9,11-12,15H,5,7,10H2,1H3,(H,25,26,27)/t15-/m1/s1. The first kappa shape index (κ1) is 17.9. The van der Waals surface area contributed by atoms with Crippen molar-refractivity contribution in [1.82, 2.24) is 29.9 Å². The molecule has 4 aromatic rings. The highest BCUT2D eigenvalue weighted by atomic mass is 35.5. The smallest absolute Gasteiger partial charge is 0.122 e. The Balaban J connectivity index is 1.40. The second kappa shape index (κ2) is 7.33. The summed E-state index contributed by atoms with van der Waals surface area (Å²) >= 11 is 6.20. The van der Waals surface area contributed by atoms with Gasteiger partial charge in [-0.3, -0.25) is 4.98 Å². The van der Waals surface area contributed by atoms with Crippen LogP contribution in [0.5, 0.6) is 5.75 Å². The van der Waals surface area contributed by atoms with Crippen molar-refractivity contribution >= 4 is 11.6 Å². The molecule has 3 aromatic heterocycles. The Hall–Kier alpha value is -3.19. The van der Waals surface area contributed by atoms with Crippen LogP contribution in [-0.2, 0) is 6.54 Å². The van der Waals surface area contributed by atoms with Crippen LogP contribution in [-0.4, -0.2) is 36.6 Å². The highest BCUT2D eigenvalue weighted by Crippen LogP contribution is 2.36. The number of benzene rings is 1. The molecule has 7 nitrogen and oxygen atoms in total. The zero-order valence-electron chi connectivity index (χ0n) is 15.8. The maximum atomic E-state index is 6.20. The Morgan fingerprint density at radius 1 is 1.17 bits per heavy atom. The molecule has 0 saturated carbocycles. The first-order valence-corrected chi connectivity index (χ1v) is 9.83. The second-order valence-corrected chi connectivity index (χ2v) is 7.60. The summed E-state index contributed by atoms with van der Waals surface area (Å²) in [6.45, 7) is 3.44.